The number of aryl methyl sites for hydroxylation is 1. The molecule has 2 aromatic carbocycles. The fraction of sp³-hybridized carbons (Fsp3) is 0.360. The molecule has 1 fully saturated rings. The molecule has 7 nitrogen and oxygen atoms in total. The van der Waals surface area contributed by atoms with Crippen molar-refractivity contribution in [3.8, 4) is 0 Å². The molecule has 0 atom stereocenters. The van der Waals surface area contributed by atoms with E-state index in [1.807, 2.05) is 36.1 Å². The number of hydrogen-bond donors (Lipinski definition) is 0. The van der Waals surface area contributed by atoms with Gasteiger partial charge in [-0.3, -0.25) is 24.2 Å². The van der Waals surface area contributed by atoms with Crippen LogP contribution in [0.25, 0.3) is 10.8 Å². The van der Waals surface area contributed by atoms with E-state index in [0.29, 0.717) is 37.1 Å². The van der Waals surface area contributed by atoms with Crippen LogP contribution in [0.1, 0.15) is 44.3 Å². The van der Waals surface area contributed by atoms with Crippen LogP contribution in [0.4, 0.5) is 0 Å². The van der Waals surface area contributed by atoms with E-state index < -0.39 is 0 Å². The summed E-state index contributed by atoms with van der Waals surface area (Å²) in [6.07, 6.45) is 0.793. The number of aromatic nitrogens is 1. The molecule has 0 spiro atoms. The van der Waals surface area contributed by atoms with Crippen LogP contribution in [-0.4, -0.2) is 70.1 Å². The number of nitrogens with zero attached hydrogens (tertiary/aromatic N) is 4. The molecule has 1 saturated heterocycles. The lowest BCUT2D eigenvalue weighted by Crippen LogP contribution is -2.48. The minimum atomic E-state index is -0.275. The van der Waals surface area contributed by atoms with Gasteiger partial charge in [-0.15, -0.1) is 11.3 Å². The molecule has 0 aliphatic carbocycles. The number of amides is 3. The van der Waals surface area contributed by atoms with Gasteiger partial charge in [-0.1, -0.05) is 24.3 Å². The minimum Gasteiger partial charge on any atom is -0.340 e. The van der Waals surface area contributed by atoms with E-state index in [1.165, 1.54) is 4.90 Å². The standard InChI is InChI=1S/C25H26N4O3S/c1-17-26-19(16-33-17)15-27-11-13-28(14-12-27)22(30)9-4-10-29-24(31)20-7-2-5-18-6-3-8-21(23(18)20)25(29)32/h2-3,5-8,16H,4,9-15H2,1H3. The Morgan fingerprint density at radius 2 is 1.67 bits per heavy atom. The van der Waals surface area contributed by atoms with E-state index in [1.54, 1.807) is 23.5 Å². The van der Waals surface area contributed by atoms with Crippen molar-refractivity contribution in [1.29, 1.82) is 0 Å². The van der Waals surface area contributed by atoms with E-state index in [0.717, 1.165) is 41.1 Å². The van der Waals surface area contributed by atoms with Crippen molar-refractivity contribution in [2.24, 2.45) is 0 Å². The first-order valence-corrected chi connectivity index (χ1v) is 12.2. The first-order valence-electron chi connectivity index (χ1n) is 11.3. The summed E-state index contributed by atoms with van der Waals surface area (Å²) in [7, 11) is 0. The van der Waals surface area contributed by atoms with Crippen LogP contribution in [0.15, 0.2) is 41.8 Å². The summed E-state index contributed by atoms with van der Waals surface area (Å²) in [6, 6.07) is 11.0. The number of piperazine rings is 1. The fourth-order valence-electron chi connectivity index (χ4n) is 4.70. The summed E-state index contributed by atoms with van der Waals surface area (Å²) in [5, 5.41) is 4.79. The molecule has 170 valence electrons. The monoisotopic (exact) mass is 462 g/mol. The molecular formula is C25H26N4O3S. The van der Waals surface area contributed by atoms with Gasteiger partial charge in [0.2, 0.25) is 5.91 Å². The van der Waals surface area contributed by atoms with Gasteiger partial charge in [0, 0.05) is 67.6 Å². The number of carbonyl (C=O) groups excluding carboxylic acids is 3. The van der Waals surface area contributed by atoms with E-state index in [-0.39, 0.29) is 24.3 Å². The van der Waals surface area contributed by atoms with Crippen LogP contribution >= 0.6 is 11.3 Å². The van der Waals surface area contributed by atoms with Gasteiger partial charge in [0.25, 0.3) is 11.8 Å². The van der Waals surface area contributed by atoms with Gasteiger partial charge in [0.1, 0.15) is 0 Å². The highest BCUT2D eigenvalue weighted by Crippen LogP contribution is 2.30. The van der Waals surface area contributed by atoms with Crippen LogP contribution in [0.5, 0.6) is 0 Å². The van der Waals surface area contributed by atoms with Gasteiger partial charge in [-0.25, -0.2) is 4.98 Å². The van der Waals surface area contributed by atoms with E-state index in [4.69, 9.17) is 0 Å². The van der Waals surface area contributed by atoms with Gasteiger partial charge >= 0.3 is 0 Å². The highest BCUT2D eigenvalue weighted by molar-refractivity contribution is 7.09. The Morgan fingerprint density at radius 3 is 2.27 bits per heavy atom. The molecule has 0 saturated carbocycles. The van der Waals surface area contributed by atoms with E-state index in [9.17, 15) is 14.4 Å². The normalized spacial score (nSPS) is 16.6. The zero-order valence-corrected chi connectivity index (χ0v) is 19.4. The first kappa shape index (κ1) is 21.7. The number of carbonyl (C=O) groups is 3. The second kappa shape index (κ2) is 9.03. The molecular weight excluding hydrogens is 436 g/mol. The molecule has 8 heteroatoms. The number of rotatable bonds is 6. The Bertz CT molecular complexity index is 1180. The molecule has 3 heterocycles. The summed E-state index contributed by atoms with van der Waals surface area (Å²) in [5.41, 5.74) is 2.20. The molecule has 33 heavy (non-hydrogen) atoms. The number of imide groups is 1. The molecule has 0 radical (unpaired) electrons. The maximum atomic E-state index is 13.0. The van der Waals surface area contributed by atoms with Crippen LogP contribution in [0, 0.1) is 6.92 Å². The molecule has 3 aromatic rings. The predicted octanol–water partition coefficient (Wildman–Crippen LogP) is 3.33. The summed E-state index contributed by atoms with van der Waals surface area (Å²) in [4.78, 5) is 48.7. The molecule has 0 unspecified atom stereocenters. The zero-order valence-electron chi connectivity index (χ0n) is 18.6. The van der Waals surface area contributed by atoms with Crippen molar-refractivity contribution < 1.29 is 14.4 Å². The third kappa shape index (κ3) is 4.28. The molecule has 2 aliphatic heterocycles. The second-order valence-electron chi connectivity index (χ2n) is 8.59. The SMILES string of the molecule is Cc1nc(CN2CCN(C(=O)CCCN3C(=O)c4cccc5cccc(c45)C3=O)CC2)cs1. The Hall–Kier alpha value is -3.10. The fourth-order valence-corrected chi connectivity index (χ4v) is 5.30. The average molecular weight is 463 g/mol. The summed E-state index contributed by atoms with van der Waals surface area (Å²) < 4.78 is 0. The van der Waals surface area contributed by atoms with Gasteiger partial charge in [-0.2, -0.15) is 0 Å². The largest absolute Gasteiger partial charge is 0.340 e. The van der Waals surface area contributed by atoms with Gasteiger partial charge in [0.15, 0.2) is 0 Å². The molecule has 5 rings (SSSR count). The van der Waals surface area contributed by atoms with Crippen LogP contribution in [-0.2, 0) is 11.3 Å². The van der Waals surface area contributed by atoms with Crippen molar-refractivity contribution in [2.45, 2.75) is 26.3 Å². The second-order valence-corrected chi connectivity index (χ2v) is 9.65. The Balaban J connectivity index is 1.14. The maximum absolute atomic E-state index is 13.0. The first-order chi connectivity index (χ1) is 16.0. The lowest BCUT2D eigenvalue weighted by atomic mass is 9.94. The van der Waals surface area contributed by atoms with Crippen LogP contribution in [0.3, 0.4) is 0 Å². The van der Waals surface area contributed by atoms with Crippen LogP contribution < -0.4 is 0 Å². The van der Waals surface area contributed by atoms with E-state index in [2.05, 4.69) is 15.3 Å². The average Bonchev–Trinajstić information content (AvgIpc) is 3.24. The van der Waals surface area contributed by atoms with Gasteiger partial charge < -0.3 is 4.90 Å². The smallest absolute Gasteiger partial charge is 0.261 e. The zero-order chi connectivity index (χ0) is 22.9. The number of benzene rings is 2. The number of thiazole rings is 1. The van der Waals surface area contributed by atoms with E-state index >= 15 is 0 Å². The maximum Gasteiger partial charge on any atom is 0.261 e. The predicted molar refractivity (Wildman–Crippen MR) is 127 cm³/mol. The summed E-state index contributed by atoms with van der Waals surface area (Å²) in [6.45, 7) is 6.11. The van der Waals surface area contributed by atoms with Crippen molar-refractivity contribution in [3.63, 3.8) is 0 Å². The highest BCUT2D eigenvalue weighted by atomic mass is 32.1. The Kier molecular flexibility index (Phi) is 5.95. The third-order valence-electron chi connectivity index (χ3n) is 6.41. The molecule has 0 bridgehead atoms. The highest BCUT2D eigenvalue weighted by Gasteiger charge is 2.32. The molecule has 0 N–H and O–H groups in total. The lowest BCUT2D eigenvalue weighted by molar-refractivity contribution is -0.133. The third-order valence-corrected chi connectivity index (χ3v) is 7.23. The van der Waals surface area contributed by atoms with Crippen molar-refractivity contribution in [1.82, 2.24) is 19.7 Å². The molecule has 2 aliphatic rings. The quantitative estimate of drug-likeness (QED) is 0.526. The number of hydrogen-bond acceptors (Lipinski definition) is 6. The Morgan fingerprint density at radius 1 is 1.00 bits per heavy atom. The Labute approximate surface area is 196 Å². The van der Waals surface area contributed by atoms with Crippen molar-refractivity contribution >= 4 is 39.8 Å². The van der Waals surface area contributed by atoms with Gasteiger partial charge in [-0.05, 0) is 30.9 Å². The topological polar surface area (TPSA) is 73.8 Å². The van der Waals surface area contributed by atoms with Crippen molar-refractivity contribution in [3.05, 3.63) is 63.6 Å². The minimum absolute atomic E-state index is 0.0820. The molecule has 3 amide bonds. The summed E-state index contributed by atoms with van der Waals surface area (Å²) >= 11 is 1.66. The lowest BCUT2D eigenvalue weighted by Gasteiger charge is -2.34. The molecule has 1 aromatic heterocycles. The van der Waals surface area contributed by atoms with Crippen LogP contribution in [0.2, 0.25) is 0 Å². The van der Waals surface area contributed by atoms with Gasteiger partial charge in [0.05, 0.1) is 10.7 Å². The summed E-state index contributed by atoms with van der Waals surface area (Å²) in [5.74, 6) is -0.469. The van der Waals surface area contributed by atoms with Crippen molar-refractivity contribution in [2.75, 3.05) is 32.7 Å².